The molecule has 0 bridgehead atoms. The van der Waals surface area contributed by atoms with Crippen molar-refractivity contribution in [1.82, 2.24) is 10.6 Å². The van der Waals surface area contributed by atoms with Crippen LogP contribution in [0.4, 0.5) is 8.78 Å². The van der Waals surface area contributed by atoms with E-state index >= 15 is 8.78 Å². The number of alkyl halides is 3. The highest BCUT2D eigenvalue weighted by molar-refractivity contribution is 9.09. The van der Waals surface area contributed by atoms with Gasteiger partial charge in [-0.15, -0.1) is 0 Å². The third-order valence-electron chi connectivity index (χ3n) is 24.8. The molecule has 6 saturated carbocycles. The van der Waals surface area contributed by atoms with Crippen molar-refractivity contribution >= 4 is 57.0 Å². The second kappa shape index (κ2) is 41.8. The number of nitrogens with one attached hydrogen (secondary N) is 2. The van der Waals surface area contributed by atoms with Gasteiger partial charge < -0.3 is 56.8 Å². The quantitative estimate of drug-likeness (QED) is 0.0158. The third kappa shape index (κ3) is 21.0. The molecule has 0 heterocycles. The van der Waals surface area contributed by atoms with Crippen LogP contribution in [0.2, 0.25) is 0 Å². The van der Waals surface area contributed by atoms with Crippen molar-refractivity contribution in [2.45, 2.75) is 303 Å². The number of rotatable bonds is 36. The first-order valence-electron chi connectivity index (χ1n) is 38.8. The number of hydrogen-bond donors (Lipinski definition) is 10. The van der Waals surface area contributed by atoms with E-state index in [4.69, 9.17) is 20.7 Å². The van der Waals surface area contributed by atoms with Gasteiger partial charge in [0.15, 0.2) is 35.3 Å². The Morgan fingerprint density at radius 3 is 1.29 bits per heavy atom. The molecule has 0 aromatic heterocycles. The van der Waals surface area contributed by atoms with E-state index in [-0.39, 0.29) is 42.7 Å². The fourth-order valence-corrected chi connectivity index (χ4v) is 19.2. The highest BCUT2D eigenvalue weighted by Crippen LogP contribution is 2.72. The summed E-state index contributed by atoms with van der Waals surface area (Å²) >= 11 is 3.27. The Morgan fingerprint density at radius 1 is 0.554 bits per heavy atom. The lowest BCUT2D eigenvalue weighted by molar-refractivity contribution is -0.220. The van der Waals surface area contributed by atoms with Crippen LogP contribution in [0.1, 0.15) is 268 Å². The van der Waals surface area contributed by atoms with Gasteiger partial charge in [0.05, 0.1) is 12.2 Å². The number of carbonyl (C=O) groups is 7. The Bertz CT molecular complexity index is 2800. The zero-order valence-electron chi connectivity index (χ0n) is 63.0. The number of aliphatic hydroxyl groups is 5. The Hall–Kier alpha value is -3.93. The van der Waals surface area contributed by atoms with Crippen molar-refractivity contribution in [3.63, 3.8) is 0 Å². The number of aliphatic hydroxyl groups excluding tert-OH is 3. The van der Waals surface area contributed by atoms with Crippen LogP contribution in [-0.4, -0.2) is 163 Å². The zero-order chi connectivity index (χ0) is 75.5. The molecule has 11 N–H and O–H groups in total. The van der Waals surface area contributed by atoms with Gasteiger partial charge in [0.2, 0.25) is 5.78 Å². The molecular formula is C80H132BrF2N3O15. The lowest BCUT2D eigenvalue weighted by Gasteiger charge is -2.62. The molecule has 0 aliphatic heterocycles. The predicted molar refractivity (Wildman–Crippen MR) is 395 cm³/mol. The molecule has 0 saturated heterocycles. The minimum absolute atomic E-state index is 0.0676. The molecule has 16 atom stereocenters. The van der Waals surface area contributed by atoms with E-state index in [2.05, 4.69) is 47.3 Å². The van der Waals surface area contributed by atoms with Crippen LogP contribution in [0.25, 0.3) is 0 Å². The van der Waals surface area contributed by atoms with Crippen molar-refractivity contribution in [1.29, 1.82) is 0 Å². The topological polar surface area (TPSA) is 320 Å². The predicted octanol–water partition coefficient (Wildman–Crippen LogP) is 13.4. The van der Waals surface area contributed by atoms with Gasteiger partial charge in [-0.1, -0.05) is 165 Å². The maximum atomic E-state index is 17.3. The van der Waals surface area contributed by atoms with Crippen molar-refractivity contribution in [3.8, 4) is 0 Å². The molecule has 578 valence electrons. The second-order valence-electron chi connectivity index (χ2n) is 31.4. The molecule has 0 spiro atoms. The molecule has 21 heteroatoms. The molecule has 0 radical (unpaired) electrons. The lowest BCUT2D eigenvalue weighted by atomic mass is 9.44. The Morgan fingerprint density at radius 2 is 0.921 bits per heavy atom. The number of fused-ring (bicyclic) bond motifs is 10. The van der Waals surface area contributed by atoms with Crippen LogP contribution < -0.4 is 16.4 Å². The number of Topliss-reactive ketones (excluding diaryl/α,β-unsaturated/α-hetero) is 2. The SMILES string of the molecule is CCCCCCN.CCCCCCNCCCCCC(=O)O.CCCCCCNCCCCCC(=O)OCC(=O)[C@@]1(O)[C@H](C)C[C@H]2[C@@H]3CCC4=CC(=O)C=C[C@]4(C)[C@@]3(F)[C@@H](O)C[C@@]21C.C[C@@H]1C[C@H]2[C@@H]3CCC4=CC(=O)C=C[C@]4(C)[C@@]3(F)[C@@H](O)C[C@]2(C)[C@@]1(O)C(=O)CO.O=C(O)CCCCCBr. The largest absolute Gasteiger partial charge is 0.481 e. The summed E-state index contributed by atoms with van der Waals surface area (Å²) in [6.45, 7) is 20.8. The van der Waals surface area contributed by atoms with Crippen molar-refractivity contribution in [2.75, 3.05) is 51.3 Å². The number of nitrogens with two attached hydrogens (primary N) is 1. The number of ketones is 4. The number of ether oxygens (including phenoxy) is 1. The van der Waals surface area contributed by atoms with Gasteiger partial charge in [-0.3, -0.25) is 33.6 Å². The van der Waals surface area contributed by atoms with Crippen molar-refractivity contribution < 1.29 is 82.8 Å². The normalized spacial score (nSPS) is 33.8. The van der Waals surface area contributed by atoms with Gasteiger partial charge in [0.1, 0.15) is 17.8 Å². The molecule has 101 heavy (non-hydrogen) atoms. The summed E-state index contributed by atoms with van der Waals surface area (Å²) in [4.78, 5) is 82.6. The number of carboxylic acid groups (broad SMARTS) is 2. The smallest absolute Gasteiger partial charge is 0.306 e. The van der Waals surface area contributed by atoms with Crippen LogP contribution in [0.5, 0.6) is 0 Å². The van der Waals surface area contributed by atoms with Crippen LogP contribution in [0.15, 0.2) is 47.6 Å². The van der Waals surface area contributed by atoms with E-state index in [1.54, 1.807) is 53.7 Å². The zero-order valence-corrected chi connectivity index (χ0v) is 64.6. The molecule has 0 aromatic carbocycles. The first kappa shape index (κ1) is 89.5. The fourth-order valence-electron chi connectivity index (χ4n) is 18.9. The lowest BCUT2D eigenvalue weighted by Crippen LogP contribution is -2.69. The van der Waals surface area contributed by atoms with Crippen LogP contribution >= 0.6 is 15.9 Å². The summed E-state index contributed by atoms with van der Waals surface area (Å²) < 4.78 is 39.5. The molecule has 8 aliphatic rings. The molecule has 6 fully saturated rings. The van der Waals surface area contributed by atoms with E-state index in [9.17, 15) is 59.1 Å². The number of esters is 1. The van der Waals surface area contributed by atoms with E-state index in [1.165, 1.54) is 101 Å². The minimum atomic E-state index is -2.02. The van der Waals surface area contributed by atoms with Gasteiger partial charge in [-0.2, -0.15) is 0 Å². The van der Waals surface area contributed by atoms with Crippen LogP contribution in [-0.2, 0) is 38.3 Å². The van der Waals surface area contributed by atoms with Gasteiger partial charge in [0.25, 0.3) is 0 Å². The maximum Gasteiger partial charge on any atom is 0.306 e. The van der Waals surface area contributed by atoms with Gasteiger partial charge in [0, 0.05) is 58.1 Å². The average Bonchev–Trinajstić information content (AvgIpc) is 1.63. The number of unbranched alkanes of at least 4 members (excludes halogenated alkanes) is 15. The van der Waals surface area contributed by atoms with Gasteiger partial charge >= 0.3 is 17.9 Å². The van der Waals surface area contributed by atoms with Gasteiger partial charge in [-0.05, 0) is 204 Å². The number of carbonyl (C=O) groups excluding carboxylic acids is 5. The van der Waals surface area contributed by atoms with Crippen molar-refractivity contribution in [2.24, 2.45) is 62.9 Å². The molecule has 0 amide bonds. The fraction of sp³-hybridized carbons (Fsp3) is 0.812. The summed E-state index contributed by atoms with van der Waals surface area (Å²) in [7, 11) is 0. The summed E-state index contributed by atoms with van der Waals surface area (Å²) in [5, 5.41) is 79.9. The minimum Gasteiger partial charge on any atom is -0.481 e. The highest BCUT2D eigenvalue weighted by Gasteiger charge is 2.77. The molecule has 0 aromatic rings. The van der Waals surface area contributed by atoms with Crippen LogP contribution in [0.3, 0.4) is 0 Å². The Labute approximate surface area is 611 Å². The van der Waals surface area contributed by atoms with Crippen molar-refractivity contribution in [3.05, 3.63) is 47.6 Å². The molecule has 8 aliphatic carbocycles. The Balaban J connectivity index is 0.000000312. The summed E-state index contributed by atoms with van der Waals surface area (Å²) in [6, 6.07) is 0. The number of allylic oxidation sites excluding steroid dienone is 8. The molecular weight excluding hydrogens is 1360 g/mol. The molecule has 18 nitrogen and oxygen atoms in total. The summed E-state index contributed by atoms with van der Waals surface area (Å²) in [5.41, 5.74) is -5.28. The number of aliphatic carboxylic acids is 2. The Kier molecular flexibility index (Phi) is 37.1. The summed E-state index contributed by atoms with van der Waals surface area (Å²) in [6.07, 6.45) is 33.3. The number of halogens is 3. The average molecular weight is 1490 g/mol. The van der Waals surface area contributed by atoms with E-state index in [0.717, 1.165) is 89.4 Å². The third-order valence-corrected chi connectivity index (χ3v) is 25.3. The number of carboxylic acids is 2. The first-order chi connectivity index (χ1) is 47.8. The summed E-state index contributed by atoms with van der Waals surface area (Å²) in [5.74, 6) is -6.14. The van der Waals surface area contributed by atoms with Crippen LogP contribution in [0, 0.1) is 57.2 Å². The first-order valence-corrected chi connectivity index (χ1v) is 39.9. The standard InChI is InChI=1S/C34H52FNO6.C22H29FO5.C12H25NO2.C6H11BrO2.C6H15N/c1-5-6-7-10-17-36-18-11-8-9-12-30(40)42-22-29(39)34(41)23(2)19-27-26-14-13-24-20-25(37)15-16-31(24,3)33(26,35)28(38)21-32(27,34)4;1-12-8-16-15-5-4-13-9-14(25)6-7-19(13,2)21(15,23)17(26)10-20(16,3)22(12,28)18(27)11-24;1-2-3-4-7-10-13-11-8-5-6-9-12(14)15;7-5-3-1-2-4-6(8)9;1-2-3-4-5-6-7/h15-16,20,23,26-28,36,38,41H,5-14,17-19,21-22H2,1-4H3;6-7,9,12,15-17,24,26,28H,4-5,8,10-11H2,1-3H3;13H,2-11H2,1H3,(H,14,15);1-5H2,(H,8,9);2-7H2,1H3/t23-,26+,27+,28+,31+,32+,33+,34+;12-,15+,16+,17+,19+,20+,21+,22+;;;/m11.../s1. The monoisotopic (exact) mass is 1490 g/mol. The van der Waals surface area contributed by atoms with Gasteiger partial charge in [-0.25, -0.2) is 8.78 Å². The molecule has 8 rings (SSSR count). The highest BCUT2D eigenvalue weighted by atomic mass is 79.9. The molecule has 0 unspecified atom stereocenters. The van der Waals surface area contributed by atoms with E-state index in [0.29, 0.717) is 68.9 Å². The maximum absolute atomic E-state index is 17.3. The van der Waals surface area contributed by atoms with E-state index in [1.807, 2.05) is 0 Å². The van der Waals surface area contributed by atoms with E-state index < -0.39 is 123 Å². The second-order valence-corrected chi connectivity index (χ2v) is 32.2. The number of hydrogen-bond acceptors (Lipinski definition) is 16.